The van der Waals surface area contributed by atoms with Gasteiger partial charge in [-0.25, -0.2) is 0 Å². The first kappa shape index (κ1) is 18.5. The zero-order valence-corrected chi connectivity index (χ0v) is 19.1. The monoisotopic (exact) mass is 456 g/mol. The molecule has 0 aromatic heterocycles. The molecule has 0 aliphatic carbocycles. The van der Waals surface area contributed by atoms with Crippen molar-refractivity contribution in [3.63, 3.8) is 0 Å². The molecule has 2 heteroatoms. The molecule has 0 saturated heterocycles. The fraction of sp³-hybridized carbons (Fsp3) is 0. The Morgan fingerprint density at radius 3 is 1.06 bits per heavy atom. The number of benzene rings is 7. The second-order valence-corrected chi connectivity index (χ2v) is 9.90. The van der Waals surface area contributed by atoms with E-state index >= 15 is 0 Å². The maximum atomic E-state index is 13.6. The van der Waals surface area contributed by atoms with Crippen molar-refractivity contribution >= 4 is 86.2 Å². The molecule has 0 bridgehead atoms. The predicted octanol–water partition coefficient (Wildman–Crippen LogP) is 7.95. The van der Waals surface area contributed by atoms with Crippen LogP contribution in [-0.4, -0.2) is 0 Å². The van der Waals surface area contributed by atoms with Crippen LogP contribution in [0.25, 0.3) is 86.2 Å². The highest BCUT2D eigenvalue weighted by atomic mass is 16.1. The van der Waals surface area contributed by atoms with E-state index in [4.69, 9.17) is 0 Å². The fourth-order valence-corrected chi connectivity index (χ4v) is 6.86. The highest BCUT2D eigenvalue weighted by molar-refractivity contribution is 6.41. The van der Waals surface area contributed by atoms with E-state index in [-0.39, 0.29) is 10.9 Å². The maximum absolute atomic E-state index is 13.6. The Kier molecular flexibility index (Phi) is 3.11. The van der Waals surface area contributed by atoms with E-state index in [2.05, 4.69) is 48.5 Å². The molecule has 0 spiro atoms. The molecule has 36 heavy (non-hydrogen) atoms. The summed E-state index contributed by atoms with van der Waals surface area (Å²) in [5.74, 6) is 0. The standard InChI is InChI=1S/C34H16O2/c35-33-21-9-3-1-7-17(21)25-15-27-28-16-26-18-8-2-4-10-22(18)34(36)32(26)24-14-6-12-20(30(24)28)19-11-5-13-23(29(19)27)31(25)33/h1-16H. The van der Waals surface area contributed by atoms with Gasteiger partial charge in [0.05, 0.1) is 0 Å². The van der Waals surface area contributed by atoms with E-state index in [1.54, 1.807) is 0 Å². The topological polar surface area (TPSA) is 34.1 Å². The predicted molar refractivity (Wildman–Crippen MR) is 153 cm³/mol. The molecule has 9 aromatic rings. The van der Waals surface area contributed by atoms with E-state index in [1.807, 2.05) is 48.5 Å². The van der Waals surface area contributed by atoms with Crippen molar-refractivity contribution in [3.8, 4) is 0 Å². The lowest BCUT2D eigenvalue weighted by Gasteiger charge is -2.16. The van der Waals surface area contributed by atoms with E-state index in [0.717, 1.165) is 86.2 Å². The maximum Gasteiger partial charge on any atom is 0.194 e. The van der Waals surface area contributed by atoms with Gasteiger partial charge in [-0.05, 0) is 76.8 Å². The molecule has 0 unspecified atom stereocenters. The molecule has 0 amide bonds. The summed E-state index contributed by atoms with van der Waals surface area (Å²) in [4.78, 5) is 27.1. The zero-order valence-electron chi connectivity index (χ0n) is 19.1. The lowest BCUT2D eigenvalue weighted by molar-refractivity contribution is 1.80. The molecule has 0 atom stereocenters. The van der Waals surface area contributed by atoms with Crippen LogP contribution in [0.4, 0.5) is 0 Å². The molecular formula is C34H16O2. The summed E-state index contributed by atoms with van der Waals surface area (Å²) in [5.41, 5.74) is 0.198. The van der Waals surface area contributed by atoms with Gasteiger partial charge < -0.3 is 0 Å². The second kappa shape index (κ2) is 6.05. The van der Waals surface area contributed by atoms with Crippen LogP contribution in [0.5, 0.6) is 0 Å². The van der Waals surface area contributed by atoms with Gasteiger partial charge in [0.25, 0.3) is 0 Å². The quantitative estimate of drug-likeness (QED) is 0.171. The Bertz CT molecular complexity index is 2330. The van der Waals surface area contributed by atoms with Crippen LogP contribution in [0.1, 0.15) is 0 Å². The largest absolute Gasteiger partial charge is 0.289 e. The summed E-state index contributed by atoms with van der Waals surface area (Å²) >= 11 is 0. The van der Waals surface area contributed by atoms with Crippen molar-refractivity contribution in [3.05, 3.63) is 118 Å². The van der Waals surface area contributed by atoms with E-state index in [1.165, 1.54) is 0 Å². The average Bonchev–Trinajstić information content (AvgIpc) is 3.38. The van der Waals surface area contributed by atoms with Gasteiger partial charge in [-0.15, -0.1) is 0 Å². The van der Waals surface area contributed by atoms with Crippen molar-refractivity contribution in [1.29, 1.82) is 0 Å². The summed E-state index contributed by atoms with van der Waals surface area (Å²) in [5, 5.41) is 15.9. The van der Waals surface area contributed by atoms with Crippen LogP contribution in [-0.2, 0) is 0 Å². The third kappa shape index (κ3) is 1.94. The molecule has 0 N–H and O–H groups in total. The highest BCUT2D eigenvalue weighted by Gasteiger charge is 2.21. The van der Waals surface area contributed by atoms with E-state index in [0.29, 0.717) is 0 Å². The lowest BCUT2D eigenvalue weighted by atomic mass is 9.87. The molecular weight excluding hydrogens is 440 g/mol. The molecule has 0 radical (unpaired) electrons. The normalized spacial score (nSPS) is 12.7. The van der Waals surface area contributed by atoms with Gasteiger partial charge in [0.1, 0.15) is 0 Å². The molecule has 0 saturated carbocycles. The SMILES string of the molecule is O=c1c2ccccc2c2cc3c4cc5c6ccccc6c(=O)c5c5cccc(c6cccc(c12)c63)c45. The average molecular weight is 457 g/mol. The second-order valence-electron chi connectivity index (χ2n) is 9.90. The molecule has 0 heterocycles. The molecule has 0 fully saturated rings. The molecule has 9 rings (SSSR count). The first-order chi connectivity index (χ1) is 17.7. The molecule has 2 nitrogen and oxygen atoms in total. The van der Waals surface area contributed by atoms with Crippen molar-refractivity contribution < 1.29 is 0 Å². The van der Waals surface area contributed by atoms with Crippen LogP contribution in [0, 0.1) is 0 Å². The minimum absolute atomic E-state index is 0.0989. The summed E-state index contributed by atoms with van der Waals surface area (Å²) in [6.07, 6.45) is 0. The number of hydrogen-bond acceptors (Lipinski definition) is 2. The lowest BCUT2D eigenvalue weighted by Crippen LogP contribution is -1.97. The van der Waals surface area contributed by atoms with E-state index < -0.39 is 0 Å². The van der Waals surface area contributed by atoms with Crippen LogP contribution in [0.3, 0.4) is 0 Å². The Balaban J connectivity index is 1.69. The summed E-state index contributed by atoms with van der Waals surface area (Å²) < 4.78 is 0. The van der Waals surface area contributed by atoms with Crippen LogP contribution in [0.2, 0.25) is 0 Å². The minimum Gasteiger partial charge on any atom is -0.289 e. The third-order valence-corrected chi connectivity index (χ3v) is 8.28. The smallest absolute Gasteiger partial charge is 0.194 e. The van der Waals surface area contributed by atoms with Gasteiger partial charge in [-0.3, -0.25) is 9.59 Å². The third-order valence-electron chi connectivity index (χ3n) is 8.28. The fourth-order valence-electron chi connectivity index (χ4n) is 6.86. The summed E-state index contributed by atoms with van der Waals surface area (Å²) in [7, 11) is 0. The molecule has 0 aliphatic rings. The Labute approximate surface area is 203 Å². The molecule has 0 aliphatic heterocycles. The summed E-state index contributed by atoms with van der Waals surface area (Å²) in [6.45, 7) is 0. The van der Waals surface area contributed by atoms with Gasteiger partial charge in [0, 0.05) is 21.5 Å². The van der Waals surface area contributed by atoms with E-state index in [9.17, 15) is 9.59 Å². The number of rotatable bonds is 0. The Morgan fingerprint density at radius 2 is 0.611 bits per heavy atom. The first-order valence-corrected chi connectivity index (χ1v) is 12.2. The summed E-state index contributed by atoms with van der Waals surface area (Å²) in [6, 6.07) is 32.8. The van der Waals surface area contributed by atoms with Crippen molar-refractivity contribution in [2.24, 2.45) is 0 Å². The Morgan fingerprint density at radius 1 is 0.278 bits per heavy atom. The van der Waals surface area contributed by atoms with Gasteiger partial charge in [-0.1, -0.05) is 84.9 Å². The number of hydrogen-bond donors (Lipinski definition) is 0. The zero-order chi connectivity index (χ0) is 23.7. The van der Waals surface area contributed by atoms with Crippen LogP contribution < -0.4 is 10.9 Å². The first-order valence-electron chi connectivity index (χ1n) is 12.2. The molecule has 164 valence electrons. The van der Waals surface area contributed by atoms with Crippen molar-refractivity contribution in [1.82, 2.24) is 0 Å². The van der Waals surface area contributed by atoms with Crippen LogP contribution in [0.15, 0.2) is 107 Å². The van der Waals surface area contributed by atoms with Gasteiger partial charge in [-0.2, -0.15) is 0 Å². The van der Waals surface area contributed by atoms with Gasteiger partial charge >= 0.3 is 0 Å². The minimum atomic E-state index is 0.0989. The van der Waals surface area contributed by atoms with Gasteiger partial charge in [0.15, 0.2) is 10.9 Å². The van der Waals surface area contributed by atoms with Crippen LogP contribution >= 0.6 is 0 Å². The Hall–Kier alpha value is -4.82. The number of fused-ring (bicyclic) bond motifs is 10. The van der Waals surface area contributed by atoms with Crippen molar-refractivity contribution in [2.45, 2.75) is 0 Å². The highest BCUT2D eigenvalue weighted by Crippen LogP contribution is 2.45. The van der Waals surface area contributed by atoms with Crippen molar-refractivity contribution in [2.75, 3.05) is 0 Å². The van der Waals surface area contributed by atoms with Gasteiger partial charge in [0.2, 0.25) is 0 Å². The molecule has 9 aromatic carbocycles.